The largest absolute Gasteiger partial charge is 0.504 e. The van der Waals surface area contributed by atoms with Gasteiger partial charge < -0.3 is 9.84 Å². The predicted molar refractivity (Wildman–Crippen MR) is 96.6 cm³/mol. The van der Waals surface area contributed by atoms with E-state index in [9.17, 15) is 20.0 Å². The molecule has 12 heteroatoms. The predicted octanol–water partition coefficient (Wildman–Crippen LogP) is 1.13. The van der Waals surface area contributed by atoms with Crippen LogP contribution in [-0.4, -0.2) is 48.8 Å². The number of aromatic hydroxyl groups is 1. The first kappa shape index (κ1) is 18.7. The molecule has 2 aromatic heterocycles. The van der Waals surface area contributed by atoms with Crippen LogP contribution < -0.4 is 10.2 Å². The summed E-state index contributed by atoms with van der Waals surface area (Å²) in [6.07, 6.45) is 1.05. The van der Waals surface area contributed by atoms with E-state index in [0.29, 0.717) is 0 Å². The molecule has 28 heavy (non-hydrogen) atoms. The highest BCUT2D eigenvalue weighted by molar-refractivity contribution is 5.92. The first-order valence-corrected chi connectivity index (χ1v) is 7.90. The Bertz CT molecular complexity index is 1120. The number of aryl methyl sites for hydroxylation is 2. The maximum Gasteiger partial charge on any atom is 0.311 e. The summed E-state index contributed by atoms with van der Waals surface area (Å²) in [5.74, 6) is -1.05. The van der Waals surface area contributed by atoms with Gasteiger partial charge in [-0.1, -0.05) is 0 Å². The number of phenols is 1. The molecule has 0 fully saturated rings. The maximum atomic E-state index is 12.2. The minimum Gasteiger partial charge on any atom is -0.504 e. The van der Waals surface area contributed by atoms with Crippen LogP contribution in [0.25, 0.3) is 5.78 Å². The van der Waals surface area contributed by atoms with Crippen molar-refractivity contribution in [2.45, 2.75) is 13.8 Å². The van der Waals surface area contributed by atoms with Crippen LogP contribution in [0.4, 0.5) is 5.69 Å². The van der Waals surface area contributed by atoms with Gasteiger partial charge in [-0.25, -0.2) is 14.9 Å². The number of carbonyl (C=O) groups is 1. The average molecular weight is 385 g/mol. The second-order valence-corrected chi connectivity index (χ2v) is 5.73. The second kappa shape index (κ2) is 7.26. The first-order valence-electron chi connectivity index (χ1n) is 7.90. The molecule has 12 nitrogen and oxygen atoms in total. The Morgan fingerprint density at radius 3 is 2.79 bits per heavy atom. The van der Waals surface area contributed by atoms with Crippen molar-refractivity contribution in [2.24, 2.45) is 5.10 Å². The summed E-state index contributed by atoms with van der Waals surface area (Å²) in [6, 6.07) is 3.95. The van der Waals surface area contributed by atoms with E-state index in [1.165, 1.54) is 11.6 Å². The molecule has 0 saturated carbocycles. The van der Waals surface area contributed by atoms with E-state index in [4.69, 9.17) is 4.74 Å². The lowest BCUT2D eigenvalue weighted by atomic mass is 10.2. The Morgan fingerprint density at radius 2 is 2.11 bits per heavy atom. The number of fused-ring (bicyclic) bond motifs is 1. The zero-order valence-electron chi connectivity index (χ0n) is 15.1. The lowest BCUT2D eigenvalue weighted by molar-refractivity contribution is -0.385. The van der Waals surface area contributed by atoms with Gasteiger partial charge in [0.05, 0.1) is 24.3 Å². The number of hydrogen-bond acceptors (Lipinski definition) is 9. The molecule has 0 aliphatic heterocycles. The van der Waals surface area contributed by atoms with Gasteiger partial charge in [0.25, 0.3) is 11.5 Å². The van der Waals surface area contributed by atoms with Crippen LogP contribution in [0.3, 0.4) is 0 Å². The van der Waals surface area contributed by atoms with E-state index in [1.807, 2.05) is 0 Å². The number of carbonyl (C=O) groups excluding carboxylic acids is 1. The number of nitrogens with one attached hydrogen (secondary N) is 1. The normalized spacial score (nSPS) is 11.1. The summed E-state index contributed by atoms with van der Waals surface area (Å²) in [5.41, 5.74) is 3.37. The Labute approximate surface area is 157 Å². The first-order chi connectivity index (χ1) is 13.3. The summed E-state index contributed by atoms with van der Waals surface area (Å²) in [4.78, 5) is 30.7. The van der Waals surface area contributed by atoms with Crippen LogP contribution in [0, 0.1) is 24.0 Å². The molecule has 3 rings (SSSR count). The summed E-state index contributed by atoms with van der Waals surface area (Å²) < 4.78 is 6.31. The van der Waals surface area contributed by atoms with Gasteiger partial charge in [0.1, 0.15) is 0 Å². The molecular formula is C16H15N7O5. The number of nitro groups is 1. The Morgan fingerprint density at radius 1 is 1.36 bits per heavy atom. The molecule has 0 spiro atoms. The van der Waals surface area contributed by atoms with Crippen molar-refractivity contribution in [1.82, 2.24) is 25.0 Å². The SMILES string of the molecule is COc1cc([N+](=O)[O-])cc(/C=N/NC(=O)c2nc3nc(C)cc(C)n3n2)c1O. The Balaban J connectivity index is 1.83. The fourth-order valence-corrected chi connectivity index (χ4v) is 2.45. The molecule has 0 unspecified atom stereocenters. The van der Waals surface area contributed by atoms with Gasteiger partial charge in [0, 0.05) is 23.0 Å². The second-order valence-electron chi connectivity index (χ2n) is 5.73. The van der Waals surface area contributed by atoms with Gasteiger partial charge >= 0.3 is 5.91 Å². The van der Waals surface area contributed by atoms with Crippen LogP contribution in [0.1, 0.15) is 27.6 Å². The van der Waals surface area contributed by atoms with Crippen LogP contribution in [0.2, 0.25) is 0 Å². The molecule has 0 aliphatic carbocycles. The fraction of sp³-hybridized carbons (Fsp3) is 0.188. The van der Waals surface area contributed by atoms with Crippen LogP contribution >= 0.6 is 0 Å². The number of nitrogens with zero attached hydrogens (tertiary/aromatic N) is 6. The van der Waals surface area contributed by atoms with Crippen molar-refractivity contribution in [3.05, 3.63) is 51.1 Å². The number of amides is 1. The molecule has 0 saturated heterocycles. The zero-order chi connectivity index (χ0) is 20.4. The summed E-state index contributed by atoms with van der Waals surface area (Å²) in [7, 11) is 1.26. The number of nitro benzene ring substituents is 1. The third-order valence-electron chi connectivity index (χ3n) is 3.71. The third kappa shape index (κ3) is 3.56. The van der Waals surface area contributed by atoms with Crippen LogP contribution in [0.5, 0.6) is 11.5 Å². The molecule has 2 heterocycles. The zero-order valence-corrected chi connectivity index (χ0v) is 15.1. The van der Waals surface area contributed by atoms with E-state index in [0.717, 1.165) is 29.7 Å². The van der Waals surface area contributed by atoms with Gasteiger partial charge in [-0.3, -0.25) is 14.9 Å². The molecule has 2 N–H and O–H groups in total. The monoisotopic (exact) mass is 385 g/mol. The number of hydrazone groups is 1. The van der Waals surface area contributed by atoms with E-state index in [-0.39, 0.29) is 34.4 Å². The quantitative estimate of drug-likeness (QED) is 0.376. The van der Waals surface area contributed by atoms with Crippen molar-refractivity contribution in [2.75, 3.05) is 7.11 Å². The number of methoxy groups -OCH3 is 1. The van der Waals surface area contributed by atoms with E-state index >= 15 is 0 Å². The lowest BCUT2D eigenvalue weighted by Gasteiger charge is -2.05. The molecule has 1 aromatic carbocycles. The van der Waals surface area contributed by atoms with Gasteiger partial charge in [-0.15, -0.1) is 5.10 Å². The molecule has 0 radical (unpaired) electrons. The summed E-state index contributed by atoms with van der Waals surface area (Å²) >= 11 is 0. The number of non-ortho nitro benzene ring substituents is 1. The molecule has 3 aromatic rings. The summed E-state index contributed by atoms with van der Waals surface area (Å²) in [6.45, 7) is 3.60. The van der Waals surface area contributed by atoms with Crippen molar-refractivity contribution >= 4 is 23.6 Å². The lowest BCUT2D eigenvalue weighted by Crippen LogP contribution is -2.19. The average Bonchev–Trinajstić information content (AvgIpc) is 3.07. The van der Waals surface area contributed by atoms with Gasteiger partial charge in [0.15, 0.2) is 11.5 Å². The highest BCUT2D eigenvalue weighted by atomic mass is 16.6. The molecule has 0 aliphatic rings. The molecule has 0 bridgehead atoms. The van der Waals surface area contributed by atoms with E-state index < -0.39 is 10.8 Å². The Kier molecular flexibility index (Phi) is 4.85. The van der Waals surface area contributed by atoms with E-state index in [1.54, 1.807) is 19.9 Å². The number of aromatic nitrogens is 4. The molecular weight excluding hydrogens is 370 g/mol. The molecule has 1 amide bonds. The smallest absolute Gasteiger partial charge is 0.311 e. The minimum atomic E-state index is -0.712. The molecule has 0 atom stereocenters. The van der Waals surface area contributed by atoms with Gasteiger partial charge in [-0.2, -0.15) is 10.1 Å². The fourth-order valence-electron chi connectivity index (χ4n) is 2.45. The standard InChI is InChI=1S/C16H15N7O5/c1-8-4-9(2)22-16(18-8)19-14(21-22)15(25)20-17-7-10-5-11(23(26)27)6-12(28-3)13(10)24/h4-7,24H,1-3H3,(H,20,25)/b17-7+. The van der Waals surface area contributed by atoms with Gasteiger partial charge in [-0.05, 0) is 19.9 Å². The van der Waals surface area contributed by atoms with Gasteiger partial charge in [0.2, 0.25) is 5.82 Å². The van der Waals surface area contributed by atoms with E-state index in [2.05, 4.69) is 25.6 Å². The number of ether oxygens (including phenoxy) is 1. The molecule has 144 valence electrons. The minimum absolute atomic E-state index is 0.0116. The van der Waals surface area contributed by atoms with Crippen LogP contribution in [0.15, 0.2) is 23.3 Å². The number of rotatable bonds is 5. The topological polar surface area (TPSA) is 157 Å². The van der Waals surface area contributed by atoms with Crippen molar-refractivity contribution < 1.29 is 19.6 Å². The third-order valence-corrected chi connectivity index (χ3v) is 3.71. The van der Waals surface area contributed by atoms with Crippen molar-refractivity contribution in [1.29, 1.82) is 0 Å². The van der Waals surface area contributed by atoms with Crippen molar-refractivity contribution in [3.63, 3.8) is 0 Å². The number of phenolic OH excluding ortho intramolecular Hbond substituents is 1. The number of benzene rings is 1. The number of hydrogen-bond donors (Lipinski definition) is 2. The Hall–Kier alpha value is -4.09. The van der Waals surface area contributed by atoms with Crippen molar-refractivity contribution in [3.8, 4) is 11.5 Å². The highest BCUT2D eigenvalue weighted by Crippen LogP contribution is 2.33. The highest BCUT2D eigenvalue weighted by Gasteiger charge is 2.17. The maximum absolute atomic E-state index is 12.2. The van der Waals surface area contributed by atoms with Crippen LogP contribution in [-0.2, 0) is 0 Å². The summed E-state index contributed by atoms with van der Waals surface area (Å²) in [5, 5.41) is 28.8.